The molecular weight excluding hydrogens is 370 g/mol. The van der Waals surface area contributed by atoms with Gasteiger partial charge in [0.2, 0.25) is 0 Å². The van der Waals surface area contributed by atoms with Gasteiger partial charge in [0.1, 0.15) is 5.00 Å². The highest BCUT2D eigenvalue weighted by Gasteiger charge is 2.28. The molecule has 2 amide bonds. The molecule has 0 spiro atoms. The number of hydrogen-bond donors (Lipinski definition) is 2. The Morgan fingerprint density at radius 3 is 2.68 bits per heavy atom. The number of carbonyl (C=O) groups is 2. The summed E-state index contributed by atoms with van der Waals surface area (Å²) in [5.41, 5.74) is 6.43. The zero-order chi connectivity index (χ0) is 18.3. The van der Waals surface area contributed by atoms with Crippen LogP contribution in [0.5, 0.6) is 0 Å². The van der Waals surface area contributed by atoms with E-state index in [0.717, 1.165) is 35.4 Å². The van der Waals surface area contributed by atoms with E-state index in [0.29, 0.717) is 22.9 Å². The second-order valence-corrected chi connectivity index (χ2v) is 7.63. The predicted octanol–water partition coefficient (Wildman–Crippen LogP) is 4.16. The van der Waals surface area contributed by atoms with Gasteiger partial charge in [-0.05, 0) is 42.9 Å². The van der Waals surface area contributed by atoms with E-state index in [4.69, 9.17) is 17.3 Å². The van der Waals surface area contributed by atoms with Gasteiger partial charge in [0.15, 0.2) is 11.6 Å². The minimum absolute atomic E-state index is 0.212. The maximum Gasteiger partial charge on any atom is 0.257 e. The van der Waals surface area contributed by atoms with Gasteiger partial charge in [-0.2, -0.15) is 0 Å². The number of carbonyl (C=O) groups excluding carboxylic acids is 2. The molecule has 1 aromatic carbocycles. The van der Waals surface area contributed by atoms with E-state index in [1.165, 1.54) is 11.3 Å². The first-order chi connectivity index (χ1) is 11.8. The van der Waals surface area contributed by atoms with Crippen molar-refractivity contribution < 1.29 is 18.4 Å². The van der Waals surface area contributed by atoms with Crippen LogP contribution in [0.4, 0.5) is 13.8 Å². The van der Waals surface area contributed by atoms with Crippen LogP contribution in [-0.4, -0.2) is 11.8 Å². The van der Waals surface area contributed by atoms with Gasteiger partial charge < -0.3 is 11.1 Å². The zero-order valence-corrected chi connectivity index (χ0v) is 14.9. The van der Waals surface area contributed by atoms with Crippen LogP contribution in [0.25, 0.3) is 0 Å². The average molecular weight is 385 g/mol. The summed E-state index contributed by atoms with van der Waals surface area (Å²) in [5.74, 6) is -3.18. The van der Waals surface area contributed by atoms with Crippen molar-refractivity contribution >= 4 is 39.8 Å². The number of amides is 2. The minimum Gasteiger partial charge on any atom is -0.365 e. The standard InChI is InChI=1S/C17H15ClF2N2O2S/c1-7-2-3-8-13(4-7)25-17(14(8)15(21)23)22-16(24)9-5-11(19)12(20)6-10(9)18/h5-7H,2-4H2,1H3,(H2,21,23)(H,22,24)/t7-/m1/s1. The summed E-state index contributed by atoms with van der Waals surface area (Å²) in [7, 11) is 0. The molecule has 1 atom stereocenters. The van der Waals surface area contributed by atoms with Gasteiger partial charge in [-0.3, -0.25) is 9.59 Å². The number of anilines is 1. The fourth-order valence-electron chi connectivity index (χ4n) is 2.97. The number of rotatable bonds is 3. The third-order valence-electron chi connectivity index (χ3n) is 4.24. The quantitative estimate of drug-likeness (QED) is 0.780. The molecule has 0 saturated carbocycles. The predicted molar refractivity (Wildman–Crippen MR) is 93.3 cm³/mol. The van der Waals surface area contributed by atoms with E-state index in [-0.39, 0.29) is 10.6 Å². The fourth-order valence-corrected chi connectivity index (χ4v) is 4.61. The Balaban J connectivity index is 1.97. The molecule has 2 aromatic rings. The number of primary amides is 1. The average Bonchev–Trinajstić information content (AvgIpc) is 2.87. The smallest absolute Gasteiger partial charge is 0.257 e. The first-order valence-electron chi connectivity index (χ1n) is 7.68. The Morgan fingerprint density at radius 2 is 2.00 bits per heavy atom. The van der Waals surface area contributed by atoms with Crippen molar-refractivity contribution in [1.29, 1.82) is 0 Å². The van der Waals surface area contributed by atoms with Crippen molar-refractivity contribution in [2.75, 3.05) is 5.32 Å². The summed E-state index contributed by atoms with van der Waals surface area (Å²) in [6.07, 6.45) is 2.46. The van der Waals surface area contributed by atoms with Crippen molar-refractivity contribution in [3.63, 3.8) is 0 Å². The van der Waals surface area contributed by atoms with Crippen molar-refractivity contribution in [3.8, 4) is 0 Å². The van der Waals surface area contributed by atoms with Crippen LogP contribution in [-0.2, 0) is 12.8 Å². The van der Waals surface area contributed by atoms with Crippen LogP contribution in [0.3, 0.4) is 0 Å². The van der Waals surface area contributed by atoms with Crippen LogP contribution >= 0.6 is 22.9 Å². The summed E-state index contributed by atoms with van der Waals surface area (Å²) in [6.45, 7) is 2.12. The van der Waals surface area contributed by atoms with Gasteiger partial charge in [0.25, 0.3) is 11.8 Å². The van der Waals surface area contributed by atoms with Crippen molar-refractivity contribution in [1.82, 2.24) is 0 Å². The normalized spacial score (nSPS) is 16.4. The van der Waals surface area contributed by atoms with Crippen molar-refractivity contribution in [3.05, 3.63) is 50.4 Å². The second kappa shape index (κ2) is 6.72. The molecule has 3 N–H and O–H groups in total. The minimum atomic E-state index is -1.18. The number of hydrogen-bond acceptors (Lipinski definition) is 3. The van der Waals surface area contributed by atoms with E-state index < -0.39 is 23.4 Å². The maximum absolute atomic E-state index is 13.4. The summed E-state index contributed by atoms with van der Waals surface area (Å²) in [4.78, 5) is 25.3. The lowest BCUT2D eigenvalue weighted by Gasteiger charge is -2.18. The molecule has 3 rings (SSSR count). The molecule has 1 aliphatic rings. The topological polar surface area (TPSA) is 72.2 Å². The highest BCUT2D eigenvalue weighted by molar-refractivity contribution is 7.17. The molecular formula is C17H15ClF2N2O2S. The van der Waals surface area contributed by atoms with Crippen molar-refractivity contribution in [2.24, 2.45) is 11.7 Å². The van der Waals surface area contributed by atoms with Crippen LogP contribution in [0.2, 0.25) is 5.02 Å². The molecule has 0 saturated heterocycles. The summed E-state index contributed by atoms with van der Waals surface area (Å²) in [6, 6.07) is 1.47. The van der Waals surface area contributed by atoms with Crippen LogP contribution in [0.1, 0.15) is 44.5 Å². The Morgan fingerprint density at radius 1 is 1.32 bits per heavy atom. The molecule has 1 aliphatic carbocycles. The number of fused-ring (bicyclic) bond motifs is 1. The summed E-state index contributed by atoms with van der Waals surface area (Å²) >= 11 is 7.12. The van der Waals surface area contributed by atoms with Gasteiger partial charge in [0, 0.05) is 4.88 Å². The lowest BCUT2D eigenvalue weighted by molar-refractivity contribution is 0.1000. The van der Waals surface area contributed by atoms with Crippen LogP contribution < -0.4 is 11.1 Å². The molecule has 0 unspecified atom stereocenters. The van der Waals surface area contributed by atoms with Crippen LogP contribution in [0, 0.1) is 17.6 Å². The Kier molecular flexibility index (Phi) is 4.79. The molecule has 132 valence electrons. The second-order valence-electron chi connectivity index (χ2n) is 6.12. The largest absolute Gasteiger partial charge is 0.365 e. The third-order valence-corrected chi connectivity index (χ3v) is 5.72. The molecule has 1 heterocycles. The van der Waals surface area contributed by atoms with Gasteiger partial charge in [-0.1, -0.05) is 18.5 Å². The first kappa shape index (κ1) is 17.8. The monoisotopic (exact) mass is 384 g/mol. The van der Waals surface area contributed by atoms with E-state index in [1.807, 2.05) is 0 Å². The molecule has 0 fully saturated rings. The molecule has 0 aliphatic heterocycles. The maximum atomic E-state index is 13.4. The molecule has 25 heavy (non-hydrogen) atoms. The van der Waals surface area contributed by atoms with E-state index in [1.54, 1.807) is 0 Å². The van der Waals surface area contributed by atoms with E-state index in [9.17, 15) is 18.4 Å². The van der Waals surface area contributed by atoms with Gasteiger partial charge in [-0.25, -0.2) is 8.78 Å². The number of nitrogens with two attached hydrogens (primary N) is 1. The van der Waals surface area contributed by atoms with E-state index in [2.05, 4.69) is 12.2 Å². The van der Waals surface area contributed by atoms with Gasteiger partial charge in [-0.15, -0.1) is 11.3 Å². The summed E-state index contributed by atoms with van der Waals surface area (Å²) < 4.78 is 26.6. The molecule has 0 bridgehead atoms. The Bertz CT molecular complexity index is 882. The number of thiophene rings is 1. The lowest BCUT2D eigenvalue weighted by atomic mass is 9.88. The number of benzene rings is 1. The molecule has 1 aromatic heterocycles. The van der Waals surface area contributed by atoms with Crippen molar-refractivity contribution in [2.45, 2.75) is 26.2 Å². The SMILES string of the molecule is C[C@@H]1CCc2c(sc(NC(=O)c3cc(F)c(F)cc3Cl)c2C(N)=O)C1. The van der Waals surface area contributed by atoms with E-state index >= 15 is 0 Å². The Hall–Kier alpha value is -1.99. The van der Waals surface area contributed by atoms with Gasteiger partial charge >= 0.3 is 0 Å². The van der Waals surface area contributed by atoms with Crippen LogP contribution in [0.15, 0.2) is 12.1 Å². The first-order valence-corrected chi connectivity index (χ1v) is 8.87. The number of nitrogens with one attached hydrogen (secondary N) is 1. The third kappa shape index (κ3) is 3.39. The molecule has 4 nitrogen and oxygen atoms in total. The fraction of sp³-hybridized carbons (Fsp3) is 0.294. The Labute approximate surface area is 152 Å². The molecule has 0 radical (unpaired) electrons. The highest BCUT2D eigenvalue weighted by atomic mass is 35.5. The molecule has 8 heteroatoms. The number of halogens is 3. The highest BCUT2D eigenvalue weighted by Crippen LogP contribution is 2.39. The summed E-state index contributed by atoms with van der Waals surface area (Å²) in [5, 5.41) is 2.67. The van der Waals surface area contributed by atoms with Gasteiger partial charge in [0.05, 0.1) is 16.1 Å². The zero-order valence-electron chi connectivity index (χ0n) is 13.3. The lowest BCUT2D eigenvalue weighted by Crippen LogP contribution is -2.19.